The fraction of sp³-hybridized carbons (Fsp3) is 0.190. The second kappa shape index (κ2) is 10.2. The van der Waals surface area contributed by atoms with Crippen molar-refractivity contribution >= 4 is 58.4 Å². The minimum absolute atomic E-state index is 0.0513. The van der Waals surface area contributed by atoms with Gasteiger partial charge in [0.25, 0.3) is 36.3 Å². The van der Waals surface area contributed by atoms with Gasteiger partial charge in [-0.25, -0.2) is 0 Å². The van der Waals surface area contributed by atoms with Crippen LogP contribution >= 0.6 is 0 Å². The zero-order valence-corrected chi connectivity index (χ0v) is 21.5. The predicted octanol–water partition coefficient (Wildman–Crippen LogP) is 2.13. The van der Waals surface area contributed by atoms with E-state index in [9.17, 15) is 39.2 Å². The first kappa shape index (κ1) is 28.3. The summed E-state index contributed by atoms with van der Waals surface area (Å²) in [5.41, 5.74) is 6.50. The van der Waals surface area contributed by atoms with Crippen molar-refractivity contribution < 1.29 is 48.4 Å². The molecule has 0 bridgehead atoms. The summed E-state index contributed by atoms with van der Waals surface area (Å²) < 4.78 is 103. The molecule has 1 amide bonds. The standard InChI is InChI=1S/C21H22N2O11S3/c1-12-7-13(3-4-17(12)22)21(24)23-18-11-16-14(9-20(18)37(31,32)33)8-15(36(28,29)30)10-19(16)34-5-2-6-35(25,26)27/h3-4,7-11H,2,5-6,22H2,1H3,(H,23,24)(H,25,26,27)(H,28,29,30)(H,31,32,33). The van der Waals surface area contributed by atoms with E-state index >= 15 is 0 Å². The molecular weight excluding hydrogens is 552 g/mol. The maximum Gasteiger partial charge on any atom is 0.296 e. The van der Waals surface area contributed by atoms with Gasteiger partial charge in [0.2, 0.25) is 0 Å². The first-order valence-electron chi connectivity index (χ1n) is 10.3. The van der Waals surface area contributed by atoms with Crippen LogP contribution < -0.4 is 15.8 Å². The molecule has 16 heteroatoms. The van der Waals surface area contributed by atoms with Crippen LogP contribution in [0.4, 0.5) is 11.4 Å². The Kier molecular flexibility index (Phi) is 7.83. The van der Waals surface area contributed by atoms with Gasteiger partial charge in [0.1, 0.15) is 10.6 Å². The average Bonchev–Trinajstić information content (AvgIpc) is 2.76. The summed E-state index contributed by atoms with van der Waals surface area (Å²) in [6, 6.07) is 8.13. The summed E-state index contributed by atoms with van der Waals surface area (Å²) in [5, 5.41) is 2.31. The number of fused-ring (bicyclic) bond motifs is 1. The van der Waals surface area contributed by atoms with E-state index in [4.69, 9.17) is 15.0 Å². The number of ether oxygens (including phenoxy) is 1. The highest BCUT2D eigenvalue weighted by Gasteiger charge is 2.23. The third-order valence-corrected chi connectivity index (χ3v) is 7.68. The van der Waals surface area contributed by atoms with Crippen LogP contribution in [0.25, 0.3) is 10.8 Å². The van der Waals surface area contributed by atoms with Crippen molar-refractivity contribution in [2.75, 3.05) is 23.4 Å². The number of hydrogen-bond donors (Lipinski definition) is 5. The molecule has 0 saturated carbocycles. The normalized spacial score (nSPS) is 12.4. The van der Waals surface area contributed by atoms with E-state index in [-0.39, 0.29) is 40.8 Å². The van der Waals surface area contributed by atoms with E-state index < -0.39 is 51.8 Å². The molecule has 0 aliphatic rings. The lowest BCUT2D eigenvalue weighted by Gasteiger charge is -2.15. The van der Waals surface area contributed by atoms with E-state index in [0.29, 0.717) is 11.3 Å². The number of carbonyl (C=O) groups excluding carboxylic acids is 1. The van der Waals surface area contributed by atoms with Crippen molar-refractivity contribution in [3.8, 4) is 5.75 Å². The van der Waals surface area contributed by atoms with E-state index in [2.05, 4.69) is 5.32 Å². The Morgan fingerprint density at radius 2 is 1.62 bits per heavy atom. The number of aryl methyl sites for hydroxylation is 1. The summed E-state index contributed by atoms with van der Waals surface area (Å²) in [5.74, 6) is -1.63. The highest BCUT2D eigenvalue weighted by Crippen LogP contribution is 2.36. The molecule has 0 heterocycles. The van der Waals surface area contributed by atoms with Gasteiger partial charge in [-0.1, -0.05) is 0 Å². The van der Waals surface area contributed by atoms with Gasteiger partial charge in [-0.15, -0.1) is 0 Å². The third-order valence-electron chi connectivity index (χ3n) is 5.15. The van der Waals surface area contributed by atoms with E-state index in [1.165, 1.54) is 18.2 Å². The van der Waals surface area contributed by atoms with Gasteiger partial charge in [0, 0.05) is 22.7 Å². The zero-order chi connectivity index (χ0) is 27.8. The van der Waals surface area contributed by atoms with Crippen molar-refractivity contribution in [2.45, 2.75) is 23.1 Å². The number of anilines is 2. The minimum Gasteiger partial charge on any atom is -0.493 e. The maximum atomic E-state index is 12.8. The first-order valence-corrected chi connectivity index (χ1v) is 14.8. The van der Waals surface area contributed by atoms with E-state index in [0.717, 1.165) is 24.3 Å². The van der Waals surface area contributed by atoms with Crippen LogP contribution in [-0.4, -0.2) is 57.2 Å². The third kappa shape index (κ3) is 7.15. The molecule has 0 spiro atoms. The summed E-state index contributed by atoms with van der Waals surface area (Å²) in [6.07, 6.45) is -0.195. The summed E-state index contributed by atoms with van der Waals surface area (Å²) >= 11 is 0. The van der Waals surface area contributed by atoms with Gasteiger partial charge in [-0.05, 0) is 60.7 Å². The van der Waals surface area contributed by atoms with Crippen LogP contribution in [0.1, 0.15) is 22.3 Å². The predicted molar refractivity (Wildman–Crippen MR) is 134 cm³/mol. The molecule has 200 valence electrons. The molecule has 3 aromatic carbocycles. The number of amides is 1. The van der Waals surface area contributed by atoms with Crippen LogP contribution in [0.15, 0.2) is 52.3 Å². The van der Waals surface area contributed by atoms with Crippen LogP contribution in [0.3, 0.4) is 0 Å². The lowest BCUT2D eigenvalue weighted by Crippen LogP contribution is -2.15. The van der Waals surface area contributed by atoms with Crippen molar-refractivity contribution in [3.05, 3.63) is 53.6 Å². The Morgan fingerprint density at radius 1 is 0.946 bits per heavy atom. The second-order valence-corrected chi connectivity index (χ2v) is 12.3. The first-order chi connectivity index (χ1) is 17.0. The van der Waals surface area contributed by atoms with Gasteiger partial charge in [0.15, 0.2) is 0 Å². The number of nitrogens with one attached hydrogen (secondary N) is 1. The molecule has 0 atom stereocenters. The topological polar surface area (TPSA) is 227 Å². The van der Waals surface area contributed by atoms with Gasteiger partial charge in [-0.3, -0.25) is 18.5 Å². The zero-order valence-electron chi connectivity index (χ0n) is 19.1. The van der Waals surface area contributed by atoms with Gasteiger partial charge in [0.05, 0.1) is 22.9 Å². The van der Waals surface area contributed by atoms with Crippen molar-refractivity contribution in [1.82, 2.24) is 0 Å². The molecule has 0 aromatic heterocycles. The molecule has 0 saturated heterocycles. The van der Waals surface area contributed by atoms with Gasteiger partial charge in [-0.2, -0.15) is 25.3 Å². The quantitative estimate of drug-likeness (QED) is 0.141. The molecule has 0 fully saturated rings. The second-order valence-electron chi connectivity index (χ2n) is 7.95. The highest BCUT2D eigenvalue weighted by atomic mass is 32.2. The summed E-state index contributed by atoms with van der Waals surface area (Å²) in [4.78, 5) is 11.4. The molecule has 3 aromatic rings. The Bertz CT molecular complexity index is 1720. The van der Waals surface area contributed by atoms with E-state index in [1.54, 1.807) is 6.92 Å². The minimum atomic E-state index is -4.95. The fourth-order valence-electron chi connectivity index (χ4n) is 3.34. The SMILES string of the molecule is Cc1cc(C(=O)Nc2cc3c(OCCCS(=O)(=O)O)cc(S(=O)(=O)O)cc3cc2S(=O)(=O)O)ccc1N. The maximum absolute atomic E-state index is 12.8. The molecule has 3 rings (SSSR count). The van der Waals surface area contributed by atoms with Crippen LogP contribution in [0, 0.1) is 6.92 Å². The van der Waals surface area contributed by atoms with Crippen LogP contribution in [0.5, 0.6) is 5.75 Å². The number of nitrogen functional groups attached to an aromatic ring is 1. The van der Waals surface area contributed by atoms with Crippen molar-refractivity contribution in [2.24, 2.45) is 0 Å². The van der Waals surface area contributed by atoms with Crippen molar-refractivity contribution in [3.63, 3.8) is 0 Å². The Morgan fingerprint density at radius 3 is 2.19 bits per heavy atom. The molecule has 0 aliphatic heterocycles. The number of carbonyl (C=O) groups is 1. The van der Waals surface area contributed by atoms with Crippen LogP contribution in [0.2, 0.25) is 0 Å². The largest absolute Gasteiger partial charge is 0.493 e. The van der Waals surface area contributed by atoms with Crippen LogP contribution in [-0.2, 0) is 30.4 Å². The Balaban J connectivity index is 2.15. The summed E-state index contributed by atoms with van der Waals surface area (Å²) in [7, 11) is -14.0. The Hall–Kier alpha value is -3.28. The molecule has 0 aliphatic carbocycles. The lowest BCUT2D eigenvalue weighted by atomic mass is 10.1. The molecule has 0 radical (unpaired) electrons. The molecule has 0 unspecified atom stereocenters. The molecular formula is C21H22N2O11S3. The number of benzene rings is 3. The number of nitrogens with two attached hydrogens (primary N) is 1. The molecule has 37 heavy (non-hydrogen) atoms. The lowest BCUT2D eigenvalue weighted by molar-refractivity contribution is 0.102. The molecule has 13 nitrogen and oxygen atoms in total. The smallest absolute Gasteiger partial charge is 0.296 e. The fourth-order valence-corrected chi connectivity index (χ4v) is 5.02. The van der Waals surface area contributed by atoms with Crippen molar-refractivity contribution in [1.29, 1.82) is 0 Å². The highest BCUT2D eigenvalue weighted by molar-refractivity contribution is 7.86. The van der Waals surface area contributed by atoms with Gasteiger partial charge < -0.3 is 15.8 Å². The number of rotatable bonds is 9. The van der Waals surface area contributed by atoms with E-state index in [1.807, 2.05) is 0 Å². The monoisotopic (exact) mass is 574 g/mol. The average molecular weight is 575 g/mol. The number of hydrogen-bond acceptors (Lipinski definition) is 9. The van der Waals surface area contributed by atoms with Gasteiger partial charge >= 0.3 is 0 Å². The molecule has 6 N–H and O–H groups in total. The Labute approximate surface area is 212 Å². The summed E-state index contributed by atoms with van der Waals surface area (Å²) in [6.45, 7) is 1.33.